The highest BCUT2D eigenvalue weighted by Crippen LogP contribution is 2.51. The molecular formula is C43H49FN4O4. The fourth-order valence-corrected chi connectivity index (χ4v) is 8.33. The van der Waals surface area contributed by atoms with Crippen molar-refractivity contribution in [2.75, 3.05) is 32.1 Å². The minimum absolute atomic E-state index is 0.166. The van der Waals surface area contributed by atoms with Gasteiger partial charge in [-0.25, -0.2) is 9.37 Å². The van der Waals surface area contributed by atoms with Crippen LogP contribution in [0.5, 0.6) is 11.6 Å². The second kappa shape index (κ2) is 14.5. The number of likely N-dealkylation sites (tertiary alicyclic amines) is 1. The monoisotopic (exact) mass is 704 g/mol. The number of fused-ring (bicyclic) bond motifs is 3. The minimum atomic E-state index is -0.742. The number of benzene rings is 3. The van der Waals surface area contributed by atoms with Gasteiger partial charge in [0, 0.05) is 41.4 Å². The second-order valence-electron chi connectivity index (χ2n) is 16.1. The number of carbonyl (C=O) groups is 1. The average molecular weight is 705 g/mol. The topological polar surface area (TPSA) is 108 Å². The number of halogens is 1. The van der Waals surface area contributed by atoms with Crippen molar-refractivity contribution in [1.29, 1.82) is 5.26 Å². The molecule has 1 aromatic heterocycles. The number of nitriles is 1. The summed E-state index contributed by atoms with van der Waals surface area (Å²) in [6.07, 6.45) is 6.41. The van der Waals surface area contributed by atoms with Crippen LogP contribution in [-0.4, -0.2) is 59.8 Å². The lowest BCUT2D eigenvalue weighted by atomic mass is 9.78. The lowest BCUT2D eigenvalue weighted by molar-refractivity contribution is -0.142. The van der Waals surface area contributed by atoms with Crippen LogP contribution in [0.3, 0.4) is 0 Å². The van der Waals surface area contributed by atoms with Crippen molar-refractivity contribution in [2.24, 2.45) is 17.3 Å². The van der Waals surface area contributed by atoms with E-state index in [0.717, 1.165) is 54.3 Å². The first kappa shape index (κ1) is 35.9. The maximum Gasteiger partial charge on any atom is 0.316 e. The molecule has 8 rings (SSSR count). The fraction of sp³-hybridized carbons (Fsp3) is 0.465. The largest absolute Gasteiger partial charge is 0.476 e. The van der Waals surface area contributed by atoms with E-state index in [0.29, 0.717) is 70.6 Å². The molecule has 2 N–H and O–H groups in total. The van der Waals surface area contributed by atoms with Crippen LogP contribution in [0, 0.1) is 34.4 Å². The predicted octanol–water partition coefficient (Wildman–Crippen LogP) is 8.38. The van der Waals surface area contributed by atoms with Crippen LogP contribution in [-0.2, 0) is 17.6 Å². The summed E-state index contributed by atoms with van der Waals surface area (Å²) in [5, 5.41) is 25.9. The molecule has 4 fully saturated rings. The molecule has 52 heavy (non-hydrogen) atoms. The van der Waals surface area contributed by atoms with Gasteiger partial charge in [0.25, 0.3) is 0 Å². The minimum Gasteiger partial charge on any atom is -0.476 e. The van der Waals surface area contributed by atoms with Crippen LogP contribution in [0.4, 0.5) is 10.1 Å². The van der Waals surface area contributed by atoms with E-state index in [9.17, 15) is 15.2 Å². The molecule has 8 nitrogen and oxygen atoms in total. The van der Waals surface area contributed by atoms with Crippen molar-refractivity contribution in [3.63, 3.8) is 0 Å². The Hall–Kier alpha value is -4.52. The summed E-state index contributed by atoms with van der Waals surface area (Å²) in [6, 6.07) is 15.9. The number of anilines is 1. The Balaban J connectivity index is 1.47. The molecule has 3 aliphatic carbocycles. The molecule has 3 aromatic carbocycles. The highest BCUT2D eigenvalue weighted by atomic mass is 19.1. The molecule has 1 saturated heterocycles. The molecule has 1 aliphatic heterocycles. The number of aliphatic hydroxyl groups excluding tert-OH is 1. The van der Waals surface area contributed by atoms with E-state index in [1.54, 1.807) is 32.9 Å². The third kappa shape index (κ3) is 6.87. The van der Waals surface area contributed by atoms with Gasteiger partial charge in [-0.05, 0) is 130 Å². The van der Waals surface area contributed by atoms with Gasteiger partial charge >= 0.3 is 5.97 Å². The molecule has 9 heteroatoms. The number of nitrogens with zero attached hydrogens (tertiary/aromatic N) is 3. The lowest BCUT2D eigenvalue weighted by Crippen LogP contribution is -2.41. The summed E-state index contributed by atoms with van der Waals surface area (Å²) < 4.78 is 30.2. The molecule has 0 amide bonds. The Morgan fingerprint density at radius 3 is 2.60 bits per heavy atom. The third-order valence-corrected chi connectivity index (χ3v) is 11.4. The van der Waals surface area contributed by atoms with E-state index in [-0.39, 0.29) is 30.6 Å². The van der Waals surface area contributed by atoms with E-state index < -0.39 is 17.2 Å². The smallest absolute Gasteiger partial charge is 0.316 e. The zero-order valence-electron chi connectivity index (χ0n) is 30.7. The predicted molar refractivity (Wildman–Crippen MR) is 203 cm³/mol. The van der Waals surface area contributed by atoms with E-state index in [1.807, 2.05) is 30.3 Å². The van der Waals surface area contributed by atoms with Gasteiger partial charge in [-0.15, -0.1) is 0 Å². The molecule has 2 heterocycles. The Labute approximate surface area is 305 Å². The van der Waals surface area contributed by atoms with Gasteiger partial charge in [-0.2, -0.15) is 5.26 Å². The standard InChI is InChI=1S/C43H49FN4O4/c1-25(23-49)18-35-39(46-38-28-14-15-29(38)19-28)34-21-27(11-8-16-45)36(37(44)40(34)47-41(35)51-24-30-12-9-17-48(30)5)33-22-31(52-42(50)43(2,3)4)20-26-10-6-7-13-32(26)33/h6-7,10,13,20-22,28-30,38,49H,1,8-9,11-12,14-15,17-19,23-24H2,2-5H3,(H,46,47)/t28?,29?,30-,38?/m0/s1. The van der Waals surface area contributed by atoms with Crippen LogP contribution in [0.25, 0.3) is 32.8 Å². The molecule has 3 atom stereocenters. The van der Waals surface area contributed by atoms with Crippen molar-refractivity contribution < 1.29 is 23.8 Å². The third-order valence-electron chi connectivity index (χ3n) is 11.4. The summed E-state index contributed by atoms with van der Waals surface area (Å²) in [6.45, 7) is 10.7. The van der Waals surface area contributed by atoms with Gasteiger partial charge in [0.1, 0.15) is 17.9 Å². The van der Waals surface area contributed by atoms with Crippen LogP contribution in [0.2, 0.25) is 0 Å². The van der Waals surface area contributed by atoms with Crippen LogP contribution < -0.4 is 14.8 Å². The van der Waals surface area contributed by atoms with Gasteiger partial charge in [0.15, 0.2) is 5.82 Å². The number of ether oxygens (including phenoxy) is 2. The molecule has 3 saturated carbocycles. The Morgan fingerprint density at radius 2 is 1.92 bits per heavy atom. The van der Waals surface area contributed by atoms with Crippen molar-refractivity contribution >= 4 is 33.3 Å². The van der Waals surface area contributed by atoms with Crippen molar-refractivity contribution in [3.05, 3.63) is 71.6 Å². The van der Waals surface area contributed by atoms with Gasteiger partial charge in [0.05, 0.1) is 23.8 Å². The maximum absolute atomic E-state index is 17.8. The molecular weight excluding hydrogens is 655 g/mol. The molecule has 0 radical (unpaired) electrons. The van der Waals surface area contributed by atoms with Gasteiger partial charge in [-0.3, -0.25) is 4.79 Å². The molecule has 2 bridgehead atoms. The quantitative estimate of drug-likeness (QED) is 0.0861. The molecule has 272 valence electrons. The number of hydrogen-bond acceptors (Lipinski definition) is 8. The highest BCUT2D eigenvalue weighted by molar-refractivity contribution is 6.04. The SMILES string of the molecule is C=C(CO)Cc1c(OC[C@@H]2CCCN2C)nc2c(F)c(-c3cc(OC(=O)C(C)(C)C)cc4ccccc34)c(CCC#N)cc2c1NC1C2CCC1C2. The zero-order valence-corrected chi connectivity index (χ0v) is 30.7. The first-order valence-corrected chi connectivity index (χ1v) is 18.6. The van der Waals surface area contributed by atoms with E-state index in [4.69, 9.17) is 14.5 Å². The van der Waals surface area contributed by atoms with Crippen LogP contribution >= 0.6 is 0 Å². The van der Waals surface area contributed by atoms with E-state index >= 15 is 4.39 Å². The highest BCUT2D eigenvalue weighted by Gasteiger charge is 2.47. The number of rotatable bonds is 12. The summed E-state index contributed by atoms with van der Waals surface area (Å²) in [4.78, 5) is 20.3. The number of likely N-dealkylation sites (N-methyl/N-ethyl adjacent to an activating group) is 1. The first-order valence-electron chi connectivity index (χ1n) is 18.6. The first-order chi connectivity index (χ1) is 25.0. The van der Waals surface area contributed by atoms with Crippen molar-refractivity contribution in [1.82, 2.24) is 9.88 Å². The van der Waals surface area contributed by atoms with Gasteiger partial charge in [0.2, 0.25) is 5.88 Å². The zero-order chi connectivity index (χ0) is 36.7. The second-order valence-corrected chi connectivity index (χ2v) is 16.1. The molecule has 0 spiro atoms. The summed E-state index contributed by atoms with van der Waals surface area (Å²) in [7, 11) is 2.09. The Kier molecular flexibility index (Phi) is 9.99. The van der Waals surface area contributed by atoms with E-state index in [1.165, 1.54) is 6.42 Å². The number of pyridine rings is 1. The summed E-state index contributed by atoms with van der Waals surface area (Å²) in [5.41, 5.74) is 3.10. The van der Waals surface area contributed by atoms with Crippen LogP contribution in [0.1, 0.15) is 70.4 Å². The fourth-order valence-electron chi connectivity index (χ4n) is 8.33. The number of esters is 1. The number of aliphatic hydroxyl groups is 1. The number of aryl methyl sites for hydroxylation is 1. The molecule has 4 aromatic rings. The normalized spacial score (nSPS) is 21.2. The van der Waals surface area contributed by atoms with Crippen molar-refractivity contribution in [2.45, 2.75) is 84.2 Å². The van der Waals surface area contributed by atoms with Crippen LogP contribution in [0.15, 0.2) is 54.6 Å². The summed E-state index contributed by atoms with van der Waals surface area (Å²) >= 11 is 0. The molecule has 4 aliphatic rings. The summed E-state index contributed by atoms with van der Waals surface area (Å²) in [5.74, 6) is 0.828. The number of nitrogens with one attached hydrogen (secondary N) is 1. The number of aromatic nitrogens is 1. The average Bonchev–Trinajstić information content (AvgIpc) is 3.87. The maximum atomic E-state index is 17.8. The Bertz CT molecular complexity index is 2070. The van der Waals surface area contributed by atoms with Gasteiger partial charge < -0.3 is 24.8 Å². The van der Waals surface area contributed by atoms with Crippen molar-refractivity contribution in [3.8, 4) is 28.8 Å². The molecule has 2 unspecified atom stereocenters. The Morgan fingerprint density at radius 1 is 1.15 bits per heavy atom. The lowest BCUT2D eigenvalue weighted by Gasteiger charge is -2.38. The number of carbonyl (C=O) groups excluding carboxylic acids is 1. The van der Waals surface area contributed by atoms with Gasteiger partial charge in [-0.1, -0.05) is 30.8 Å². The number of hydrogen-bond donors (Lipinski definition) is 2. The van der Waals surface area contributed by atoms with E-state index in [2.05, 4.69) is 29.9 Å².